The summed E-state index contributed by atoms with van der Waals surface area (Å²) >= 11 is 0. The zero-order valence-electron chi connectivity index (χ0n) is 18.5. The highest BCUT2D eigenvalue weighted by molar-refractivity contribution is 5.94. The molecule has 186 valence electrons. The molecule has 0 aromatic carbocycles. The van der Waals surface area contributed by atoms with Crippen molar-refractivity contribution in [1.29, 1.82) is 0 Å². The molecule has 0 aromatic heterocycles. The molecule has 1 rings (SSSR count). The van der Waals surface area contributed by atoms with Crippen molar-refractivity contribution in [3.05, 3.63) is 0 Å². The number of guanidine groups is 1. The van der Waals surface area contributed by atoms with Gasteiger partial charge in [0.2, 0.25) is 17.7 Å². The van der Waals surface area contributed by atoms with Crippen LogP contribution in [0, 0.1) is 0 Å². The van der Waals surface area contributed by atoms with Crippen LogP contribution in [0.15, 0.2) is 4.99 Å². The Bertz CT molecular complexity index is 749. The minimum Gasteiger partial charge on any atom is -0.481 e. The lowest BCUT2D eigenvalue weighted by molar-refractivity contribution is -0.143. The highest BCUT2D eigenvalue weighted by Gasteiger charge is 2.30. The van der Waals surface area contributed by atoms with Crippen LogP contribution in [0.5, 0.6) is 0 Å². The standard InChI is InChI=1S/C19H33N7O7/c1-10(24-16(30)11-4-2-8-22-11)15(29)25-12(6-7-14(27)28)17(31)26-13(18(32)33)5-3-9-23-19(20)21/h10-13,22H,2-9H2,1H3,(H,24,30)(H,25,29)(H,26,31)(H,27,28)(H,32,33)(H4,20,21,23). The van der Waals surface area contributed by atoms with E-state index in [9.17, 15) is 29.1 Å². The molecular weight excluding hydrogens is 438 g/mol. The van der Waals surface area contributed by atoms with E-state index in [4.69, 9.17) is 16.6 Å². The van der Waals surface area contributed by atoms with Crippen LogP contribution in [0.4, 0.5) is 0 Å². The summed E-state index contributed by atoms with van der Waals surface area (Å²) in [6.07, 6.45) is 1.06. The van der Waals surface area contributed by atoms with Gasteiger partial charge in [-0.25, -0.2) is 4.79 Å². The molecule has 0 aliphatic carbocycles. The number of hydrogen-bond donors (Lipinski definition) is 8. The number of carbonyl (C=O) groups is 5. The first-order chi connectivity index (χ1) is 15.5. The smallest absolute Gasteiger partial charge is 0.326 e. The molecule has 14 heteroatoms. The quantitative estimate of drug-likeness (QED) is 0.0736. The zero-order chi connectivity index (χ0) is 25.0. The summed E-state index contributed by atoms with van der Waals surface area (Å²) in [5.74, 6) is -4.55. The molecule has 0 radical (unpaired) electrons. The monoisotopic (exact) mass is 471 g/mol. The number of carboxylic acid groups (broad SMARTS) is 2. The minimum absolute atomic E-state index is 0.0122. The number of aliphatic imine (C=N–C) groups is 1. The zero-order valence-corrected chi connectivity index (χ0v) is 18.5. The number of carboxylic acids is 2. The summed E-state index contributed by atoms with van der Waals surface area (Å²) in [5.41, 5.74) is 10.4. The molecule has 1 saturated heterocycles. The number of aliphatic carboxylic acids is 2. The molecule has 0 spiro atoms. The van der Waals surface area contributed by atoms with E-state index in [0.717, 1.165) is 6.42 Å². The Hall–Kier alpha value is -3.42. The van der Waals surface area contributed by atoms with Crippen LogP contribution < -0.4 is 32.7 Å². The Kier molecular flexibility index (Phi) is 11.6. The second-order valence-electron chi connectivity index (χ2n) is 7.72. The molecule has 1 aliphatic rings. The Balaban J connectivity index is 2.74. The van der Waals surface area contributed by atoms with E-state index in [-0.39, 0.29) is 37.7 Å². The maximum atomic E-state index is 12.7. The maximum Gasteiger partial charge on any atom is 0.326 e. The molecule has 1 fully saturated rings. The van der Waals surface area contributed by atoms with E-state index in [1.165, 1.54) is 6.92 Å². The van der Waals surface area contributed by atoms with Crippen LogP contribution in [0.25, 0.3) is 0 Å². The molecule has 3 amide bonds. The average molecular weight is 472 g/mol. The number of hydrogen-bond acceptors (Lipinski definition) is 7. The fourth-order valence-electron chi connectivity index (χ4n) is 3.15. The van der Waals surface area contributed by atoms with Gasteiger partial charge in [0.1, 0.15) is 18.1 Å². The van der Waals surface area contributed by atoms with E-state index in [1.54, 1.807) is 0 Å². The van der Waals surface area contributed by atoms with Crippen LogP contribution >= 0.6 is 0 Å². The molecule has 10 N–H and O–H groups in total. The number of nitrogens with one attached hydrogen (secondary N) is 4. The van der Waals surface area contributed by atoms with Gasteiger partial charge in [-0.3, -0.25) is 24.2 Å². The van der Waals surface area contributed by atoms with Gasteiger partial charge in [0, 0.05) is 13.0 Å². The highest BCUT2D eigenvalue weighted by atomic mass is 16.4. The molecule has 0 bridgehead atoms. The van der Waals surface area contributed by atoms with Gasteiger partial charge in [-0.1, -0.05) is 0 Å². The van der Waals surface area contributed by atoms with E-state index in [0.29, 0.717) is 13.0 Å². The summed E-state index contributed by atoms with van der Waals surface area (Å²) in [5, 5.41) is 28.6. The summed E-state index contributed by atoms with van der Waals surface area (Å²) < 4.78 is 0. The molecule has 1 aliphatic heterocycles. The van der Waals surface area contributed by atoms with Crippen molar-refractivity contribution in [1.82, 2.24) is 21.3 Å². The van der Waals surface area contributed by atoms with Crippen LogP contribution in [-0.2, 0) is 24.0 Å². The molecule has 0 saturated carbocycles. The summed E-state index contributed by atoms with van der Waals surface area (Å²) in [4.78, 5) is 63.5. The van der Waals surface area contributed by atoms with Gasteiger partial charge in [0.25, 0.3) is 0 Å². The second-order valence-corrected chi connectivity index (χ2v) is 7.72. The fraction of sp³-hybridized carbons (Fsp3) is 0.684. The maximum absolute atomic E-state index is 12.7. The van der Waals surface area contributed by atoms with Crippen molar-refractivity contribution in [3.63, 3.8) is 0 Å². The lowest BCUT2D eigenvalue weighted by Crippen LogP contribution is -2.56. The number of carbonyl (C=O) groups excluding carboxylic acids is 3. The second kappa shape index (κ2) is 13.9. The largest absolute Gasteiger partial charge is 0.481 e. The predicted octanol–water partition coefficient (Wildman–Crippen LogP) is -2.78. The van der Waals surface area contributed by atoms with Crippen LogP contribution in [0.2, 0.25) is 0 Å². The van der Waals surface area contributed by atoms with Crippen molar-refractivity contribution < 1.29 is 34.2 Å². The van der Waals surface area contributed by atoms with Gasteiger partial charge in [-0.2, -0.15) is 0 Å². The van der Waals surface area contributed by atoms with Crippen LogP contribution in [0.3, 0.4) is 0 Å². The molecule has 14 nitrogen and oxygen atoms in total. The Morgan fingerprint density at radius 3 is 2.24 bits per heavy atom. The third-order valence-corrected chi connectivity index (χ3v) is 4.97. The number of amides is 3. The molecule has 1 heterocycles. The van der Waals surface area contributed by atoms with Crippen LogP contribution in [0.1, 0.15) is 45.4 Å². The summed E-state index contributed by atoms with van der Waals surface area (Å²) in [6, 6.07) is -3.99. The van der Waals surface area contributed by atoms with Crippen molar-refractivity contribution in [2.45, 2.75) is 69.6 Å². The van der Waals surface area contributed by atoms with E-state index >= 15 is 0 Å². The van der Waals surface area contributed by atoms with Gasteiger partial charge in [-0.05, 0) is 45.6 Å². The van der Waals surface area contributed by atoms with Gasteiger partial charge < -0.3 is 42.9 Å². The molecule has 0 aromatic rings. The molecule has 4 unspecified atom stereocenters. The molecule has 33 heavy (non-hydrogen) atoms. The Morgan fingerprint density at radius 1 is 1.03 bits per heavy atom. The first-order valence-electron chi connectivity index (χ1n) is 10.7. The normalized spacial score (nSPS) is 17.8. The highest BCUT2D eigenvalue weighted by Crippen LogP contribution is 2.06. The summed E-state index contributed by atoms with van der Waals surface area (Å²) in [7, 11) is 0. The SMILES string of the molecule is CC(NC(=O)C1CCCN1)C(=O)NC(CCC(=O)O)C(=O)NC(CCCN=C(N)N)C(=O)O. The van der Waals surface area contributed by atoms with Gasteiger partial charge >= 0.3 is 11.9 Å². The van der Waals surface area contributed by atoms with Crippen molar-refractivity contribution in [2.24, 2.45) is 16.5 Å². The third-order valence-electron chi connectivity index (χ3n) is 4.97. The van der Waals surface area contributed by atoms with Gasteiger partial charge in [0.15, 0.2) is 5.96 Å². The van der Waals surface area contributed by atoms with Gasteiger partial charge in [-0.15, -0.1) is 0 Å². The fourth-order valence-corrected chi connectivity index (χ4v) is 3.15. The first kappa shape index (κ1) is 27.6. The Labute approximate surface area is 190 Å². The van der Waals surface area contributed by atoms with Crippen LogP contribution in [-0.4, -0.2) is 83.1 Å². The lowest BCUT2D eigenvalue weighted by Gasteiger charge is -2.23. The lowest BCUT2D eigenvalue weighted by atomic mass is 10.1. The topological polar surface area (TPSA) is 238 Å². The van der Waals surface area contributed by atoms with Crippen molar-refractivity contribution >= 4 is 35.6 Å². The van der Waals surface area contributed by atoms with E-state index in [1.807, 2.05) is 0 Å². The minimum atomic E-state index is -1.31. The average Bonchev–Trinajstić information content (AvgIpc) is 3.27. The Morgan fingerprint density at radius 2 is 1.70 bits per heavy atom. The van der Waals surface area contributed by atoms with E-state index < -0.39 is 54.3 Å². The first-order valence-corrected chi connectivity index (χ1v) is 10.7. The summed E-state index contributed by atoms with van der Waals surface area (Å²) in [6.45, 7) is 2.29. The van der Waals surface area contributed by atoms with E-state index in [2.05, 4.69) is 26.3 Å². The number of nitrogens with zero attached hydrogens (tertiary/aromatic N) is 1. The molecule has 4 atom stereocenters. The number of rotatable bonds is 14. The third kappa shape index (κ3) is 10.6. The van der Waals surface area contributed by atoms with Crippen molar-refractivity contribution in [3.8, 4) is 0 Å². The molecular formula is C19H33N7O7. The predicted molar refractivity (Wildman–Crippen MR) is 117 cm³/mol. The number of nitrogens with two attached hydrogens (primary N) is 2. The van der Waals surface area contributed by atoms with Gasteiger partial charge in [0.05, 0.1) is 6.04 Å². The van der Waals surface area contributed by atoms with Crippen molar-refractivity contribution in [2.75, 3.05) is 13.1 Å².